The van der Waals surface area contributed by atoms with Gasteiger partial charge in [0.2, 0.25) is 0 Å². The monoisotopic (exact) mass is 263 g/mol. The lowest BCUT2D eigenvalue weighted by molar-refractivity contribution is -0.274. The summed E-state index contributed by atoms with van der Waals surface area (Å²) in [6.45, 7) is 0.442. The van der Waals surface area contributed by atoms with Crippen LogP contribution in [0.25, 0.3) is 0 Å². The van der Waals surface area contributed by atoms with Gasteiger partial charge in [-0.1, -0.05) is 12.1 Å². The van der Waals surface area contributed by atoms with Crippen LogP contribution in [0.5, 0.6) is 5.75 Å². The second kappa shape index (κ2) is 5.14. The van der Waals surface area contributed by atoms with Crippen molar-refractivity contribution in [3.8, 4) is 5.75 Å². The van der Waals surface area contributed by atoms with Gasteiger partial charge < -0.3 is 10.1 Å². The summed E-state index contributed by atoms with van der Waals surface area (Å²) < 4.78 is 52.4. The predicted octanol–water partition coefficient (Wildman–Crippen LogP) is 3.18. The fourth-order valence-corrected chi connectivity index (χ4v) is 1.75. The Balaban J connectivity index is 1.83. The van der Waals surface area contributed by atoms with Gasteiger partial charge in [0.25, 0.3) is 0 Å². The van der Waals surface area contributed by atoms with Crippen molar-refractivity contribution in [1.82, 2.24) is 5.32 Å². The van der Waals surface area contributed by atoms with Gasteiger partial charge in [-0.3, -0.25) is 0 Å². The SMILES string of the molecule is FC1CCC1NCc1ccc(OC(F)(F)F)cc1. The average molecular weight is 263 g/mol. The second-order valence-electron chi connectivity index (χ2n) is 4.27. The van der Waals surface area contributed by atoms with Gasteiger partial charge >= 0.3 is 6.36 Å². The van der Waals surface area contributed by atoms with Gasteiger partial charge in [0.15, 0.2) is 0 Å². The van der Waals surface area contributed by atoms with E-state index in [4.69, 9.17) is 0 Å². The Kier molecular flexibility index (Phi) is 3.75. The molecule has 100 valence electrons. The van der Waals surface area contributed by atoms with Crippen LogP contribution in [0.4, 0.5) is 17.6 Å². The normalized spacial score (nSPS) is 23.6. The van der Waals surface area contributed by atoms with E-state index >= 15 is 0 Å². The number of ether oxygens (including phenoxy) is 1. The molecular weight excluding hydrogens is 250 g/mol. The lowest BCUT2D eigenvalue weighted by atomic mass is 9.90. The summed E-state index contributed by atoms with van der Waals surface area (Å²) in [7, 11) is 0. The zero-order valence-corrected chi connectivity index (χ0v) is 9.51. The minimum absolute atomic E-state index is 0.129. The summed E-state index contributed by atoms with van der Waals surface area (Å²) in [5.41, 5.74) is 0.795. The molecule has 1 aliphatic carbocycles. The highest BCUT2D eigenvalue weighted by Gasteiger charge is 2.31. The predicted molar refractivity (Wildman–Crippen MR) is 57.9 cm³/mol. The van der Waals surface area contributed by atoms with Crippen LogP contribution in [0.15, 0.2) is 24.3 Å². The molecule has 0 bridgehead atoms. The molecule has 1 aliphatic rings. The first kappa shape index (κ1) is 13.1. The molecule has 0 aliphatic heterocycles. The maximum absolute atomic E-state index is 12.9. The first-order valence-electron chi connectivity index (χ1n) is 5.66. The van der Waals surface area contributed by atoms with Crippen molar-refractivity contribution in [2.24, 2.45) is 0 Å². The van der Waals surface area contributed by atoms with Gasteiger partial charge in [-0.2, -0.15) is 0 Å². The third-order valence-electron chi connectivity index (χ3n) is 2.92. The lowest BCUT2D eigenvalue weighted by Gasteiger charge is -2.31. The Morgan fingerprint density at radius 2 is 1.83 bits per heavy atom. The minimum Gasteiger partial charge on any atom is -0.406 e. The van der Waals surface area contributed by atoms with Crippen LogP contribution in [0.1, 0.15) is 18.4 Å². The van der Waals surface area contributed by atoms with Crippen LogP contribution >= 0.6 is 0 Å². The number of nitrogens with one attached hydrogen (secondary N) is 1. The molecule has 2 atom stereocenters. The van der Waals surface area contributed by atoms with Crippen LogP contribution < -0.4 is 10.1 Å². The first-order chi connectivity index (χ1) is 8.44. The summed E-state index contributed by atoms with van der Waals surface area (Å²) in [6, 6.07) is 5.42. The molecule has 1 fully saturated rings. The van der Waals surface area contributed by atoms with Crippen molar-refractivity contribution in [3.63, 3.8) is 0 Å². The number of rotatable bonds is 4. The number of benzene rings is 1. The molecule has 2 unspecified atom stereocenters. The molecule has 2 rings (SSSR count). The topological polar surface area (TPSA) is 21.3 Å². The average Bonchev–Trinajstić information content (AvgIpc) is 2.27. The van der Waals surface area contributed by atoms with E-state index in [0.717, 1.165) is 12.0 Å². The molecular formula is C12H13F4NO. The Morgan fingerprint density at radius 3 is 2.28 bits per heavy atom. The first-order valence-corrected chi connectivity index (χ1v) is 5.66. The second-order valence-corrected chi connectivity index (χ2v) is 4.27. The molecule has 0 spiro atoms. The van der Waals surface area contributed by atoms with Crippen molar-refractivity contribution in [3.05, 3.63) is 29.8 Å². The summed E-state index contributed by atoms with van der Waals surface area (Å²) in [5, 5.41) is 3.01. The van der Waals surface area contributed by atoms with Crippen LogP contribution in [0, 0.1) is 0 Å². The van der Waals surface area contributed by atoms with E-state index in [1.807, 2.05) is 0 Å². The standard InChI is InChI=1S/C12H13F4NO/c13-10-5-6-11(10)17-7-8-1-3-9(4-2-8)18-12(14,15)16/h1-4,10-11,17H,5-7H2. The van der Waals surface area contributed by atoms with Gasteiger partial charge in [0.05, 0.1) is 0 Å². The molecule has 1 N–H and O–H groups in total. The van der Waals surface area contributed by atoms with Gasteiger partial charge in [0.1, 0.15) is 11.9 Å². The number of hydrogen-bond acceptors (Lipinski definition) is 2. The summed E-state index contributed by atoms with van der Waals surface area (Å²) >= 11 is 0. The van der Waals surface area contributed by atoms with E-state index < -0.39 is 12.5 Å². The molecule has 0 amide bonds. The van der Waals surface area contributed by atoms with Gasteiger partial charge in [-0.25, -0.2) is 4.39 Å². The van der Waals surface area contributed by atoms with Crippen molar-refractivity contribution in [2.45, 2.75) is 38.0 Å². The Hall–Kier alpha value is -1.30. The van der Waals surface area contributed by atoms with Crippen molar-refractivity contribution < 1.29 is 22.3 Å². The Morgan fingerprint density at radius 1 is 1.17 bits per heavy atom. The number of alkyl halides is 4. The zero-order chi connectivity index (χ0) is 13.2. The number of hydrogen-bond donors (Lipinski definition) is 1. The lowest BCUT2D eigenvalue weighted by Crippen LogP contribution is -2.44. The van der Waals surface area contributed by atoms with Crippen LogP contribution in [-0.2, 0) is 6.54 Å². The van der Waals surface area contributed by atoms with Crippen molar-refractivity contribution >= 4 is 0 Å². The van der Waals surface area contributed by atoms with E-state index in [1.54, 1.807) is 0 Å². The van der Waals surface area contributed by atoms with E-state index in [2.05, 4.69) is 10.1 Å². The van der Waals surface area contributed by atoms with E-state index in [1.165, 1.54) is 24.3 Å². The van der Waals surface area contributed by atoms with Crippen LogP contribution in [-0.4, -0.2) is 18.6 Å². The molecule has 2 nitrogen and oxygen atoms in total. The zero-order valence-electron chi connectivity index (χ0n) is 9.51. The summed E-state index contributed by atoms with van der Waals surface area (Å²) in [6.07, 6.45) is -4.10. The fraction of sp³-hybridized carbons (Fsp3) is 0.500. The third-order valence-corrected chi connectivity index (χ3v) is 2.92. The minimum atomic E-state index is -4.67. The van der Waals surface area contributed by atoms with Crippen molar-refractivity contribution in [2.75, 3.05) is 0 Å². The maximum Gasteiger partial charge on any atom is 0.573 e. The highest BCUT2D eigenvalue weighted by Crippen LogP contribution is 2.24. The van der Waals surface area contributed by atoms with E-state index in [9.17, 15) is 17.6 Å². The van der Waals surface area contributed by atoms with Gasteiger partial charge in [-0.15, -0.1) is 13.2 Å². The van der Waals surface area contributed by atoms with Crippen LogP contribution in [0.3, 0.4) is 0 Å². The highest BCUT2D eigenvalue weighted by molar-refractivity contribution is 5.27. The van der Waals surface area contributed by atoms with E-state index in [-0.39, 0.29) is 11.8 Å². The smallest absolute Gasteiger partial charge is 0.406 e. The largest absolute Gasteiger partial charge is 0.573 e. The highest BCUT2D eigenvalue weighted by atomic mass is 19.4. The molecule has 0 heterocycles. The molecule has 0 saturated heterocycles. The molecule has 6 heteroatoms. The molecule has 18 heavy (non-hydrogen) atoms. The molecule has 1 saturated carbocycles. The fourth-order valence-electron chi connectivity index (χ4n) is 1.75. The van der Waals surface area contributed by atoms with Crippen molar-refractivity contribution in [1.29, 1.82) is 0 Å². The quantitative estimate of drug-likeness (QED) is 0.842. The summed E-state index contributed by atoms with van der Waals surface area (Å²) in [4.78, 5) is 0. The molecule has 1 aromatic carbocycles. The summed E-state index contributed by atoms with van der Waals surface area (Å²) in [5.74, 6) is -0.252. The third kappa shape index (κ3) is 3.60. The van der Waals surface area contributed by atoms with Crippen LogP contribution in [0.2, 0.25) is 0 Å². The van der Waals surface area contributed by atoms with E-state index in [0.29, 0.717) is 13.0 Å². The van der Waals surface area contributed by atoms with Gasteiger partial charge in [-0.05, 0) is 30.5 Å². The maximum atomic E-state index is 12.9. The van der Waals surface area contributed by atoms with Gasteiger partial charge in [0, 0.05) is 12.6 Å². The Bertz CT molecular complexity index is 390. The molecule has 0 aromatic heterocycles. The Labute approximate surface area is 102 Å². The molecule has 1 aromatic rings. The number of halogens is 4. The molecule has 0 radical (unpaired) electrons.